The average Bonchev–Trinajstić information content (AvgIpc) is 1.55. The summed E-state index contributed by atoms with van der Waals surface area (Å²) in [7, 11) is 0. The molecule has 11 aliphatic heterocycles. The number of aliphatic hydroxyl groups excluding tert-OH is 4. The van der Waals surface area contributed by atoms with Gasteiger partial charge < -0.3 is 72.9 Å². The molecular weight excluding hydrogens is 1290 g/mol. The number of amides is 4. The summed E-state index contributed by atoms with van der Waals surface area (Å²) in [6, 6.07) is 0. The van der Waals surface area contributed by atoms with Gasteiger partial charge in [-0.25, -0.2) is 8.78 Å². The molecule has 10 fully saturated rings. The van der Waals surface area contributed by atoms with Gasteiger partial charge in [-0.15, -0.1) is 25.7 Å². The van der Waals surface area contributed by atoms with Crippen LogP contribution in [-0.2, 0) is 85.7 Å². The first-order valence-electron chi connectivity index (χ1n) is 32.8. The molecule has 3 aliphatic carbocycles. The number of hydrogen-bond acceptors (Lipinski definition) is 23. The molecule has 3 spiro atoms. The van der Waals surface area contributed by atoms with E-state index in [0.717, 1.165) is 73.4 Å². The molecule has 7 saturated heterocycles. The number of aliphatic hydroxyl groups is 5. The van der Waals surface area contributed by atoms with Crippen molar-refractivity contribution in [2.75, 3.05) is 33.2 Å². The van der Waals surface area contributed by atoms with E-state index >= 15 is 0 Å². The number of hydrogen-bond donors (Lipinski definition) is 5. The summed E-state index contributed by atoms with van der Waals surface area (Å²) in [6.45, 7) is 1.43. The maximum Gasteiger partial charge on any atom is 0.236 e. The van der Waals surface area contributed by atoms with E-state index in [4.69, 9.17) is 73.1 Å². The molecule has 0 aromatic heterocycles. The van der Waals surface area contributed by atoms with Crippen LogP contribution in [0.5, 0.6) is 0 Å². The van der Waals surface area contributed by atoms with E-state index < -0.39 is 168 Å². The minimum Gasteiger partial charge on any atom is -0.393 e. The van der Waals surface area contributed by atoms with Crippen LogP contribution >= 0.6 is 0 Å². The zero-order chi connectivity index (χ0) is 70.9. The van der Waals surface area contributed by atoms with E-state index in [1.54, 1.807) is 6.92 Å². The van der Waals surface area contributed by atoms with Crippen molar-refractivity contribution in [2.24, 2.45) is 0 Å². The zero-order valence-corrected chi connectivity index (χ0v) is 54.4. The fourth-order valence-corrected chi connectivity index (χ4v) is 15.8. The molecule has 29 heteroatoms. The van der Waals surface area contributed by atoms with Gasteiger partial charge in [-0.3, -0.25) is 58.0 Å². The van der Waals surface area contributed by atoms with E-state index in [1.807, 2.05) is 19.8 Å². The van der Waals surface area contributed by atoms with Gasteiger partial charge in [-0.2, -0.15) is 0 Å². The molecule has 0 aromatic rings. The number of nitrogens with zero attached hydrogens (tertiary/aromatic N) is 4. The largest absolute Gasteiger partial charge is 0.393 e. The molecule has 5 N–H and O–H groups in total. The molecule has 11 heterocycles. The third-order valence-corrected chi connectivity index (χ3v) is 21.2. The highest BCUT2D eigenvalue weighted by molar-refractivity contribution is 6.08. The maximum atomic E-state index is 14.0. The van der Waals surface area contributed by atoms with Gasteiger partial charge in [-0.1, -0.05) is 37.5 Å². The second-order valence-corrected chi connectivity index (χ2v) is 27.2. The first-order chi connectivity index (χ1) is 46.6. The number of halogens is 2. The number of ether oxygens (including phenoxy) is 10. The third-order valence-electron chi connectivity index (χ3n) is 21.2. The molecule has 0 unspecified atom stereocenters. The fourth-order valence-electron chi connectivity index (χ4n) is 15.8. The van der Waals surface area contributed by atoms with E-state index in [1.165, 1.54) is 46.6 Å². The molecule has 0 aromatic carbocycles. The van der Waals surface area contributed by atoms with Gasteiger partial charge in [0, 0.05) is 63.3 Å². The minimum atomic E-state index is -2.42. The molecule has 0 bridgehead atoms. The predicted molar refractivity (Wildman–Crippen MR) is 328 cm³/mol. The Balaban J connectivity index is 0.000000133. The molecule has 14 aliphatic rings. The van der Waals surface area contributed by atoms with Gasteiger partial charge >= 0.3 is 0 Å². The number of fused-ring (bicyclic) bond motifs is 3. The standard InChI is InChI=1S/C20H25NO5.C18H20FNO6.C18H21NO6.C13H14FNO6/c1-4-18(5-2)16-20(6-3,26-19(24-16)10-7-8-11-19)17(25-18)21-12-9-14(22)13-15(21)23;1-2-18-14(24-17(26-18)6-3-4-7-17)16(10-19,11-21)25-15(18)20-8-5-12(22)9-13(20)23;1-3-18-14(23-17(25-18)7-4-5-8-17)16(2,11-20)24-15(18)19-9-6-12(21)10-13(19)22;1-2-13(20)10(19)12(6-14,7-16)21-11(13)15-4-3-8(17)5-9(15)18/h3,9,12,16-17H,4-5,7-8,10-11,13H2,1-2H3;1,5,8,14-15,21H,3-4,6-7,9-11H2;1,6,9,14-15,20H,4-5,7-8,10-11H2,2H3;1,3-4,10-11,16,19-20H,5-7H2/t16-,17-,20-;14-,15-,16-,18-;14-,15-,16+,18-;10-,11-,12-,13-/m1111/s1. The highest BCUT2D eigenvalue weighted by Gasteiger charge is 2.77. The summed E-state index contributed by atoms with van der Waals surface area (Å²) >= 11 is 0. The zero-order valence-electron chi connectivity index (χ0n) is 54.4. The van der Waals surface area contributed by atoms with Crippen molar-refractivity contribution in [3.63, 3.8) is 0 Å². The molecule has 4 amide bonds. The first kappa shape index (κ1) is 72.3. The SMILES string of the molecule is C#C[C@@]1(O)[C@H](O)[C@](CO)(CF)O[C@H]1N1C=CC(=O)CC1=O.C#C[C@@]12OC3(CCCC3)O[C@@H]1C(CC)(CC)O[C@H]2N1C=CC(=O)CC1=O.C#C[C@@]12OC3(CCCC3)O[C@@H]1[C@](C)(CO)O[C@H]2N1C=CC(=O)CC1=O.C#C[C@@]12OC3(CCCC3)O[C@@H]1[C@](CO)(CF)O[C@H]2N1C=CC(=O)CC1=O. The van der Waals surface area contributed by atoms with Crippen molar-refractivity contribution in [3.8, 4) is 49.4 Å². The Kier molecular flexibility index (Phi) is 19.6. The monoisotopic (exact) mass is 1370 g/mol. The highest BCUT2D eigenvalue weighted by Crippen LogP contribution is 2.60. The van der Waals surface area contributed by atoms with Crippen molar-refractivity contribution >= 4 is 46.8 Å². The van der Waals surface area contributed by atoms with E-state index in [9.17, 15) is 72.7 Å². The lowest BCUT2D eigenvalue weighted by molar-refractivity contribution is -0.251. The lowest BCUT2D eigenvalue weighted by Crippen LogP contribution is -2.56. The molecule has 528 valence electrons. The first-order valence-corrected chi connectivity index (χ1v) is 32.8. The lowest BCUT2D eigenvalue weighted by atomic mass is 9.83. The summed E-state index contributed by atoms with van der Waals surface area (Å²) < 4.78 is 88.3. The van der Waals surface area contributed by atoms with Crippen molar-refractivity contribution in [3.05, 3.63) is 49.1 Å². The van der Waals surface area contributed by atoms with Gasteiger partial charge in [0.25, 0.3) is 0 Å². The number of allylic oxidation sites excluding steroid dienone is 4. The molecule has 14 rings (SSSR count). The van der Waals surface area contributed by atoms with Crippen molar-refractivity contribution in [1.82, 2.24) is 19.6 Å². The summed E-state index contributed by atoms with van der Waals surface area (Å²) in [5, 5.41) is 49.5. The van der Waals surface area contributed by atoms with Gasteiger partial charge in [-0.05, 0) is 82.6 Å². The van der Waals surface area contributed by atoms with Crippen LogP contribution in [0.3, 0.4) is 0 Å². The third kappa shape index (κ3) is 11.4. The normalized spacial score (nSPS) is 40.1. The number of carbonyl (C=O) groups excluding carboxylic acids is 8. The van der Waals surface area contributed by atoms with Crippen molar-refractivity contribution in [2.45, 2.75) is 248 Å². The Hall–Kier alpha value is -6.98. The van der Waals surface area contributed by atoms with Gasteiger partial charge in [0.1, 0.15) is 49.0 Å². The Bertz CT molecular complexity index is 3420. The van der Waals surface area contributed by atoms with E-state index in [2.05, 4.69) is 17.8 Å². The van der Waals surface area contributed by atoms with Crippen LogP contribution in [0.4, 0.5) is 8.78 Å². The quantitative estimate of drug-likeness (QED) is 0.143. The van der Waals surface area contributed by atoms with Crippen LogP contribution in [0.15, 0.2) is 49.1 Å². The summed E-state index contributed by atoms with van der Waals surface area (Å²) in [5.74, 6) is 4.17. The Morgan fingerprint density at radius 3 is 1.06 bits per heavy atom. The van der Waals surface area contributed by atoms with Crippen LogP contribution in [0.1, 0.15) is 136 Å². The van der Waals surface area contributed by atoms with Gasteiger partial charge in [0.05, 0.1) is 45.5 Å². The van der Waals surface area contributed by atoms with Gasteiger partial charge in [0.2, 0.25) is 40.4 Å². The van der Waals surface area contributed by atoms with Gasteiger partial charge in [0.15, 0.2) is 82.2 Å². The summed E-state index contributed by atoms with van der Waals surface area (Å²) in [5.41, 5.74) is -12.1. The summed E-state index contributed by atoms with van der Waals surface area (Å²) in [4.78, 5) is 99.6. The van der Waals surface area contributed by atoms with Crippen molar-refractivity contribution in [1.29, 1.82) is 0 Å². The van der Waals surface area contributed by atoms with Crippen molar-refractivity contribution < 1.29 is 120 Å². The molecule has 3 saturated carbocycles. The Morgan fingerprint density at radius 2 is 0.755 bits per heavy atom. The number of rotatable bonds is 11. The number of alkyl halides is 2. The second-order valence-electron chi connectivity index (χ2n) is 27.2. The van der Waals surface area contributed by atoms with Crippen LogP contribution < -0.4 is 0 Å². The summed E-state index contributed by atoms with van der Waals surface area (Å²) in [6.07, 6.45) is 34.4. The molecular formula is C69H80F2N4O23. The van der Waals surface area contributed by atoms with Crippen LogP contribution in [-0.4, -0.2) is 237 Å². The Morgan fingerprint density at radius 1 is 0.449 bits per heavy atom. The predicted octanol–water partition coefficient (Wildman–Crippen LogP) is 1.24. The second kappa shape index (κ2) is 26.5. The Labute approximate surface area is 563 Å². The average molecular weight is 1370 g/mol. The molecule has 0 radical (unpaired) electrons. The maximum absolute atomic E-state index is 14.0. The van der Waals surface area contributed by atoms with Crippen LogP contribution in [0.25, 0.3) is 0 Å². The molecule has 98 heavy (non-hydrogen) atoms. The number of terminal acetylenes is 4. The van der Waals surface area contributed by atoms with Crippen LogP contribution in [0.2, 0.25) is 0 Å². The molecule has 15 atom stereocenters. The molecule has 27 nitrogen and oxygen atoms in total. The lowest BCUT2D eigenvalue weighted by Gasteiger charge is -2.37. The number of carbonyl (C=O) groups is 8. The van der Waals surface area contributed by atoms with Crippen LogP contribution in [0, 0.1) is 49.4 Å². The minimum absolute atomic E-state index is 0.182. The highest BCUT2D eigenvalue weighted by atomic mass is 19.1. The van der Waals surface area contributed by atoms with E-state index in [0.29, 0.717) is 38.5 Å². The van der Waals surface area contributed by atoms with E-state index in [-0.39, 0.29) is 49.1 Å². The smallest absolute Gasteiger partial charge is 0.236 e. The number of ketones is 4. The fraction of sp³-hybridized carbons (Fsp3) is 0.652. The topological polar surface area (TPSA) is 343 Å².